The molecule has 3 N–H and O–H groups in total. The zero-order valence-corrected chi connectivity index (χ0v) is 10.0. The van der Waals surface area contributed by atoms with Crippen molar-refractivity contribution >= 4 is 17.5 Å². The molecule has 0 aromatic rings. The molecule has 0 saturated carbocycles. The number of nitrogens with two attached hydrogens (primary N) is 1. The Morgan fingerprint density at radius 3 is 2.21 bits per heavy atom. The van der Waals surface area contributed by atoms with Gasteiger partial charge in [0.25, 0.3) is 0 Å². The predicted molar refractivity (Wildman–Crippen MR) is 60.1 cm³/mol. The average Bonchev–Trinajstić information content (AvgIpc) is 1.78. The van der Waals surface area contributed by atoms with Crippen LogP contribution in [-0.4, -0.2) is 16.4 Å². The van der Waals surface area contributed by atoms with E-state index >= 15 is 0 Å². The Kier molecular flexibility index (Phi) is 4.15. The molecule has 1 amide bonds. The Labute approximate surface area is 90.7 Å². The van der Waals surface area contributed by atoms with Gasteiger partial charge in [0.1, 0.15) is 5.00 Å². The van der Waals surface area contributed by atoms with E-state index in [1.807, 2.05) is 13.8 Å². The third-order valence-corrected chi connectivity index (χ3v) is 1.78. The molecule has 1 unspecified atom stereocenters. The zero-order chi connectivity index (χ0) is 11.6. The lowest BCUT2D eigenvalue weighted by molar-refractivity contribution is -0.118. The summed E-state index contributed by atoms with van der Waals surface area (Å²) in [6.07, 6.45) is 0.487. The van der Waals surface area contributed by atoms with Crippen molar-refractivity contribution < 1.29 is 4.79 Å². The Bertz CT molecular complexity index is 241. The number of hydrogen-bond donors (Lipinski definition) is 2. The van der Waals surface area contributed by atoms with Gasteiger partial charge in [0.2, 0.25) is 5.91 Å². The molecule has 0 aliphatic heterocycles. The molecule has 14 heavy (non-hydrogen) atoms. The Morgan fingerprint density at radius 1 is 1.50 bits per heavy atom. The number of halogens is 1. The smallest absolute Gasteiger partial charge is 0.247 e. The normalized spacial score (nSPS) is 15.9. The fourth-order valence-electron chi connectivity index (χ4n) is 1.24. The third kappa shape index (κ3) is 6.00. The lowest BCUT2D eigenvalue weighted by Gasteiger charge is -2.31. The lowest BCUT2D eigenvalue weighted by atomic mass is 9.97. The maximum atomic E-state index is 11.3. The van der Waals surface area contributed by atoms with Gasteiger partial charge in [-0.05, 0) is 27.7 Å². The summed E-state index contributed by atoms with van der Waals surface area (Å²) in [6, 6.07) is 0. The highest BCUT2D eigenvalue weighted by Crippen LogP contribution is 2.22. The summed E-state index contributed by atoms with van der Waals surface area (Å²) in [5.41, 5.74) is 5.83. The van der Waals surface area contributed by atoms with Crippen molar-refractivity contribution in [2.45, 2.75) is 44.7 Å². The van der Waals surface area contributed by atoms with Gasteiger partial charge in [-0.25, -0.2) is 0 Å². The van der Waals surface area contributed by atoms with E-state index in [9.17, 15) is 4.79 Å². The van der Waals surface area contributed by atoms with Crippen molar-refractivity contribution in [3.8, 4) is 0 Å². The van der Waals surface area contributed by atoms with Crippen LogP contribution in [0.5, 0.6) is 0 Å². The van der Waals surface area contributed by atoms with E-state index in [0.717, 1.165) is 0 Å². The van der Waals surface area contributed by atoms with Gasteiger partial charge in [-0.2, -0.15) is 0 Å². The molecule has 0 rings (SSSR count). The molecule has 0 spiro atoms. The fourth-order valence-corrected chi connectivity index (χ4v) is 1.67. The number of carbonyl (C=O) groups is 1. The average molecular weight is 219 g/mol. The molecule has 0 aliphatic carbocycles. The summed E-state index contributed by atoms with van der Waals surface area (Å²) >= 11 is 6.11. The minimum absolute atomic E-state index is 0.244. The summed E-state index contributed by atoms with van der Waals surface area (Å²) in [5.74, 6) is -0.244. The highest BCUT2D eigenvalue weighted by atomic mass is 35.5. The molecule has 0 aromatic heterocycles. The van der Waals surface area contributed by atoms with E-state index in [1.54, 1.807) is 13.8 Å². The van der Waals surface area contributed by atoms with E-state index in [1.165, 1.54) is 0 Å². The van der Waals surface area contributed by atoms with Gasteiger partial charge in [0.05, 0.1) is 0 Å². The number of hydrogen-bond acceptors (Lipinski definition) is 2. The molecule has 0 bridgehead atoms. The monoisotopic (exact) mass is 218 g/mol. The predicted octanol–water partition coefficient (Wildman–Crippen LogP) is 1.76. The highest BCUT2D eigenvalue weighted by molar-refractivity contribution is 6.24. The van der Waals surface area contributed by atoms with Crippen molar-refractivity contribution in [2.24, 2.45) is 5.73 Å². The van der Waals surface area contributed by atoms with E-state index in [-0.39, 0.29) is 5.91 Å². The van der Waals surface area contributed by atoms with Crippen LogP contribution in [0.2, 0.25) is 0 Å². The molecule has 3 nitrogen and oxygen atoms in total. The Hall–Kier alpha value is -0.540. The van der Waals surface area contributed by atoms with E-state index in [0.29, 0.717) is 12.0 Å². The van der Waals surface area contributed by atoms with Gasteiger partial charge < -0.3 is 11.1 Å². The molecular formula is C10H19ClN2O. The molecule has 1 atom stereocenters. The maximum Gasteiger partial charge on any atom is 0.247 e. The first-order valence-corrected chi connectivity index (χ1v) is 4.87. The zero-order valence-electron chi connectivity index (χ0n) is 9.28. The molecule has 0 saturated heterocycles. The summed E-state index contributed by atoms with van der Waals surface area (Å²) in [5, 5.41) is 2.66. The Balaban J connectivity index is 4.35. The quantitative estimate of drug-likeness (QED) is 0.429. The molecule has 82 valence electrons. The molecule has 0 heterocycles. The number of carbonyl (C=O) groups excluding carboxylic acids is 1. The first-order valence-electron chi connectivity index (χ1n) is 4.49. The summed E-state index contributed by atoms with van der Waals surface area (Å²) in [7, 11) is 0. The van der Waals surface area contributed by atoms with Crippen LogP contribution >= 0.6 is 11.6 Å². The Morgan fingerprint density at radius 2 is 1.93 bits per heavy atom. The van der Waals surface area contributed by atoms with Crippen LogP contribution in [0.15, 0.2) is 12.2 Å². The highest BCUT2D eigenvalue weighted by Gasteiger charge is 2.29. The summed E-state index contributed by atoms with van der Waals surface area (Å²) in [4.78, 5) is 10.5. The second kappa shape index (κ2) is 4.32. The van der Waals surface area contributed by atoms with Crippen molar-refractivity contribution in [2.75, 3.05) is 0 Å². The topological polar surface area (TPSA) is 55.1 Å². The van der Waals surface area contributed by atoms with Gasteiger partial charge in [0, 0.05) is 17.5 Å². The molecule has 0 radical (unpaired) electrons. The molecule has 0 aromatic carbocycles. The second-order valence-corrected chi connectivity index (χ2v) is 5.43. The molecular weight excluding hydrogens is 200 g/mol. The van der Waals surface area contributed by atoms with Gasteiger partial charge >= 0.3 is 0 Å². The van der Waals surface area contributed by atoms with Crippen molar-refractivity contribution in [3.63, 3.8) is 0 Å². The fraction of sp³-hybridized carbons (Fsp3) is 0.700. The number of alkyl halides is 1. The van der Waals surface area contributed by atoms with Gasteiger partial charge in [-0.15, -0.1) is 0 Å². The van der Waals surface area contributed by atoms with Crippen LogP contribution in [0.3, 0.4) is 0 Å². The van der Waals surface area contributed by atoms with Gasteiger partial charge in [-0.3, -0.25) is 4.79 Å². The van der Waals surface area contributed by atoms with Crippen LogP contribution in [-0.2, 0) is 4.79 Å². The van der Waals surface area contributed by atoms with Gasteiger partial charge in [-0.1, -0.05) is 18.2 Å². The molecule has 4 heteroatoms. The summed E-state index contributed by atoms with van der Waals surface area (Å²) < 4.78 is 0. The minimum Gasteiger partial charge on any atom is -0.334 e. The SMILES string of the molecule is C=C(C)C(=O)NC(C)(Cl)CC(C)(C)N. The second-order valence-electron chi connectivity index (χ2n) is 4.60. The van der Waals surface area contributed by atoms with Crippen LogP contribution < -0.4 is 11.1 Å². The van der Waals surface area contributed by atoms with E-state index in [2.05, 4.69) is 11.9 Å². The number of nitrogens with one attached hydrogen (secondary N) is 1. The number of amides is 1. The first-order chi connectivity index (χ1) is 6.03. The van der Waals surface area contributed by atoms with Crippen molar-refractivity contribution in [1.82, 2.24) is 5.32 Å². The maximum absolute atomic E-state index is 11.3. The van der Waals surface area contributed by atoms with Gasteiger partial charge in [0.15, 0.2) is 0 Å². The van der Waals surface area contributed by atoms with E-state index in [4.69, 9.17) is 17.3 Å². The van der Waals surface area contributed by atoms with Crippen LogP contribution in [0.25, 0.3) is 0 Å². The first kappa shape index (κ1) is 13.5. The minimum atomic E-state index is -0.825. The van der Waals surface area contributed by atoms with Crippen molar-refractivity contribution in [3.05, 3.63) is 12.2 Å². The summed E-state index contributed by atoms with van der Waals surface area (Å²) in [6.45, 7) is 10.6. The largest absolute Gasteiger partial charge is 0.334 e. The van der Waals surface area contributed by atoms with Crippen LogP contribution in [0, 0.1) is 0 Å². The van der Waals surface area contributed by atoms with Crippen LogP contribution in [0.4, 0.5) is 0 Å². The van der Waals surface area contributed by atoms with E-state index < -0.39 is 10.5 Å². The lowest BCUT2D eigenvalue weighted by Crippen LogP contribution is -2.49. The molecule has 0 fully saturated rings. The third-order valence-electron chi connectivity index (χ3n) is 1.55. The van der Waals surface area contributed by atoms with Crippen molar-refractivity contribution in [1.29, 1.82) is 0 Å². The standard InChI is InChI=1S/C10H19ClN2O/c1-7(2)8(14)13-10(5,11)6-9(3,4)12/h1,6,12H2,2-5H3,(H,13,14). The van der Waals surface area contributed by atoms with Crippen LogP contribution in [0.1, 0.15) is 34.1 Å². The number of rotatable bonds is 4. The molecule has 0 aliphatic rings.